The zero-order chi connectivity index (χ0) is 22.0. The number of hydrogen-bond donors (Lipinski definition) is 2. The molecule has 1 amide bonds. The normalized spacial score (nSPS) is 10.7. The molecule has 4 rings (SSSR count). The minimum Gasteiger partial charge on any atom is -0.332 e. The Morgan fingerprint density at radius 3 is 2.65 bits per heavy atom. The number of amides is 1. The van der Waals surface area contributed by atoms with Crippen molar-refractivity contribution < 1.29 is 9.72 Å². The molecule has 2 aromatic heterocycles. The van der Waals surface area contributed by atoms with Gasteiger partial charge in [0.25, 0.3) is 11.6 Å². The molecular weight excluding hydrogens is 438 g/mol. The molecule has 0 spiro atoms. The van der Waals surface area contributed by atoms with E-state index >= 15 is 0 Å². The Labute approximate surface area is 185 Å². The number of nitrogens with zero attached hydrogens (tertiary/aromatic N) is 5. The minimum atomic E-state index is -0.659. The van der Waals surface area contributed by atoms with E-state index in [1.165, 1.54) is 29.5 Å². The summed E-state index contributed by atoms with van der Waals surface area (Å²) in [4.78, 5) is 23.6. The summed E-state index contributed by atoms with van der Waals surface area (Å²) in [7, 11) is 0. The van der Waals surface area contributed by atoms with Crippen LogP contribution in [0, 0.1) is 10.1 Å². The van der Waals surface area contributed by atoms with Gasteiger partial charge in [-0.2, -0.15) is 9.61 Å². The van der Waals surface area contributed by atoms with Gasteiger partial charge in [0.05, 0.1) is 4.92 Å². The smallest absolute Gasteiger partial charge is 0.282 e. The van der Waals surface area contributed by atoms with Crippen LogP contribution in [-0.4, -0.2) is 35.8 Å². The van der Waals surface area contributed by atoms with Crippen molar-refractivity contribution in [2.45, 2.75) is 13.3 Å². The first-order chi connectivity index (χ1) is 15.0. The van der Waals surface area contributed by atoms with Crippen molar-refractivity contribution in [1.29, 1.82) is 0 Å². The van der Waals surface area contributed by atoms with Gasteiger partial charge >= 0.3 is 0 Å². The van der Waals surface area contributed by atoms with Crippen LogP contribution >= 0.6 is 23.6 Å². The number of nitro benzene ring substituents is 1. The number of benzene rings is 2. The summed E-state index contributed by atoms with van der Waals surface area (Å²) in [6.07, 6.45) is 0.739. The maximum atomic E-state index is 12.4. The molecule has 10 nitrogen and oxygen atoms in total. The molecule has 31 heavy (non-hydrogen) atoms. The number of nitrogens with one attached hydrogen (secondary N) is 2. The van der Waals surface area contributed by atoms with Crippen molar-refractivity contribution >= 4 is 50.9 Å². The molecule has 0 unspecified atom stereocenters. The monoisotopic (exact) mass is 453 g/mol. The molecule has 2 heterocycles. The highest BCUT2D eigenvalue weighted by atomic mass is 32.1. The number of hydrogen-bond acceptors (Lipinski definition) is 8. The second-order valence-electron chi connectivity index (χ2n) is 6.33. The van der Waals surface area contributed by atoms with Gasteiger partial charge in [-0.25, -0.2) is 0 Å². The summed E-state index contributed by atoms with van der Waals surface area (Å²) in [5, 5.41) is 30.0. The second kappa shape index (κ2) is 8.53. The molecule has 0 saturated heterocycles. The van der Waals surface area contributed by atoms with Crippen molar-refractivity contribution in [3.05, 3.63) is 70.0 Å². The summed E-state index contributed by atoms with van der Waals surface area (Å²) < 4.78 is 1.74. The van der Waals surface area contributed by atoms with Crippen LogP contribution < -0.4 is 10.6 Å². The van der Waals surface area contributed by atoms with Crippen LogP contribution in [0.5, 0.6) is 0 Å². The van der Waals surface area contributed by atoms with Gasteiger partial charge in [-0.3, -0.25) is 20.2 Å². The minimum absolute atomic E-state index is 0.0299. The van der Waals surface area contributed by atoms with Crippen molar-refractivity contribution in [3.8, 4) is 10.6 Å². The SMILES string of the molecule is CCc1nnc2sc(-c3ccc(NC(=S)NC(=O)c4ccccc4[N+](=O)[O-])cc3)nn12. The summed E-state index contributed by atoms with van der Waals surface area (Å²) in [5.74, 6) is 0.142. The van der Waals surface area contributed by atoms with E-state index in [0.29, 0.717) is 5.69 Å². The maximum absolute atomic E-state index is 12.4. The number of anilines is 1. The number of para-hydroxylation sites is 1. The largest absolute Gasteiger partial charge is 0.332 e. The van der Waals surface area contributed by atoms with Crippen LogP contribution in [-0.2, 0) is 6.42 Å². The fourth-order valence-electron chi connectivity index (χ4n) is 2.85. The van der Waals surface area contributed by atoms with Crippen molar-refractivity contribution in [3.63, 3.8) is 0 Å². The average molecular weight is 454 g/mol. The third-order valence-electron chi connectivity index (χ3n) is 4.33. The Morgan fingerprint density at radius 1 is 1.19 bits per heavy atom. The van der Waals surface area contributed by atoms with E-state index in [-0.39, 0.29) is 16.4 Å². The quantitative estimate of drug-likeness (QED) is 0.267. The number of carbonyl (C=O) groups is 1. The van der Waals surface area contributed by atoms with E-state index in [0.717, 1.165) is 27.8 Å². The molecule has 0 aliphatic carbocycles. The lowest BCUT2D eigenvalue weighted by molar-refractivity contribution is -0.385. The number of aromatic nitrogens is 4. The lowest BCUT2D eigenvalue weighted by Gasteiger charge is -2.10. The van der Waals surface area contributed by atoms with Crippen LogP contribution in [0.15, 0.2) is 48.5 Å². The highest BCUT2D eigenvalue weighted by molar-refractivity contribution is 7.80. The highest BCUT2D eigenvalue weighted by Gasteiger charge is 2.20. The Kier molecular flexibility index (Phi) is 5.64. The Morgan fingerprint density at radius 2 is 1.94 bits per heavy atom. The van der Waals surface area contributed by atoms with Gasteiger partial charge in [-0.05, 0) is 42.5 Å². The molecule has 12 heteroatoms. The van der Waals surface area contributed by atoms with Crippen molar-refractivity contribution in [1.82, 2.24) is 25.1 Å². The number of carbonyl (C=O) groups excluding carboxylic acids is 1. The molecule has 4 aromatic rings. The molecular formula is C19H15N7O3S2. The first kappa shape index (κ1) is 20.5. The van der Waals surface area contributed by atoms with E-state index in [4.69, 9.17) is 12.2 Å². The zero-order valence-electron chi connectivity index (χ0n) is 16.1. The molecule has 0 fully saturated rings. The van der Waals surface area contributed by atoms with E-state index in [9.17, 15) is 14.9 Å². The fourth-order valence-corrected chi connectivity index (χ4v) is 3.92. The highest BCUT2D eigenvalue weighted by Crippen LogP contribution is 2.26. The number of rotatable bonds is 5. The molecule has 0 radical (unpaired) electrons. The van der Waals surface area contributed by atoms with Crippen LogP contribution in [0.3, 0.4) is 0 Å². The zero-order valence-corrected chi connectivity index (χ0v) is 17.7. The first-order valence-electron chi connectivity index (χ1n) is 9.13. The van der Waals surface area contributed by atoms with Gasteiger partial charge in [0.1, 0.15) is 10.6 Å². The topological polar surface area (TPSA) is 127 Å². The molecule has 2 aromatic carbocycles. The van der Waals surface area contributed by atoms with Crippen LogP contribution in [0.2, 0.25) is 0 Å². The number of fused-ring (bicyclic) bond motifs is 1. The lowest BCUT2D eigenvalue weighted by Crippen LogP contribution is -2.34. The Hall–Kier alpha value is -3.77. The molecule has 0 aliphatic heterocycles. The Bertz CT molecular complexity index is 1300. The average Bonchev–Trinajstić information content (AvgIpc) is 3.35. The van der Waals surface area contributed by atoms with Gasteiger partial charge in [-0.1, -0.05) is 30.4 Å². The molecule has 2 N–H and O–H groups in total. The van der Waals surface area contributed by atoms with E-state index in [1.54, 1.807) is 22.7 Å². The lowest BCUT2D eigenvalue weighted by atomic mass is 10.1. The Balaban J connectivity index is 1.44. The van der Waals surface area contributed by atoms with Gasteiger partial charge in [0, 0.05) is 23.7 Å². The van der Waals surface area contributed by atoms with E-state index < -0.39 is 10.8 Å². The standard InChI is InChI=1S/C19H15N7O3S2/c1-2-15-22-23-19-25(15)24-17(31-19)11-7-9-12(10-8-11)20-18(30)21-16(27)13-5-3-4-6-14(13)26(28)29/h3-10H,2H2,1H3,(H2,20,21,27,30). The number of nitro groups is 1. The maximum Gasteiger partial charge on any atom is 0.282 e. The second-order valence-corrected chi connectivity index (χ2v) is 7.70. The van der Waals surface area contributed by atoms with Crippen LogP contribution in [0.1, 0.15) is 23.1 Å². The first-order valence-corrected chi connectivity index (χ1v) is 10.4. The predicted molar refractivity (Wildman–Crippen MR) is 120 cm³/mol. The molecule has 0 aliphatic rings. The molecule has 0 saturated carbocycles. The van der Waals surface area contributed by atoms with Crippen molar-refractivity contribution in [2.75, 3.05) is 5.32 Å². The molecule has 156 valence electrons. The number of aryl methyl sites for hydroxylation is 1. The summed E-state index contributed by atoms with van der Waals surface area (Å²) in [6, 6.07) is 13.0. The molecule has 0 bridgehead atoms. The van der Waals surface area contributed by atoms with Crippen molar-refractivity contribution in [2.24, 2.45) is 0 Å². The number of thiocarbonyl (C=S) groups is 1. The van der Waals surface area contributed by atoms with Gasteiger partial charge in [0.2, 0.25) is 4.96 Å². The summed E-state index contributed by atoms with van der Waals surface area (Å²) in [5.41, 5.74) is 1.19. The van der Waals surface area contributed by atoms with Gasteiger partial charge < -0.3 is 5.32 Å². The summed E-state index contributed by atoms with van der Waals surface area (Å²) in [6.45, 7) is 1.99. The van der Waals surface area contributed by atoms with Gasteiger partial charge in [-0.15, -0.1) is 10.2 Å². The van der Waals surface area contributed by atoms with E-state index in [2.05, 4.69) is 25.9 Å². The van der Waals surface area contributed by atoms with Crippen LogP contribution in [0.25, 0.3) is 15.5 Å². The predicted octanol–water partition coefficient (Wildman–Crippen LogP) is 3.45. The summed E-state index contributed by atoms with van der Waals surface area (Å²) >= 11 is 6.60. The third kappa shape index (κ3) is 4.25. The van der Waals surface area contributed by atoms with E-state index in [1.807, 2.05) is 19.1 Å². The fraction of sp³-hybridized carbons (Fsp3) is 0.105. The van der Waals surface area contributed by atoms with Crippen LogP contribution in [0.4, 0.5) is 11.4 Å². The third-order valence-corrected chi connectivity index (χ3v) is 5.49. The van der Waals surface area contributed by atoms with Gasteiger partial charge in [0.15, 0.2) is 10.9 Å². The molecule has 0 atom stereocenters.